The summed E-state index contributed by atoms with van der Waals surface area (Å²) in [5.74, 6) is 1.30. The first-order chi connectivity index (χ1) is 11.7. The van der Waals surface area contributed by atoms with E-state index in [-0.39, 0.29) is 0 Å². The normalized spacial score (nSPS) is 15.2. The maximum absolute atomic E-state index is 5.35. The molecule has 0 atom stereocenters. The summed E-state index contributed by atoms with van der Waals surface area (Å²) >= 11 is 5.21. The Morgan fingerprint density at radius 2 is 2.12 bits per heavy atom. The summed E-state index contributed by atoms with van der Waals surface area (Å²) in [5, 5.41) is 7.77. The molecule has 132 valence electrons. The predicted molar refractivity (Wildman–Crippen MR) is 98.1 cm³/mol. The van der Waals surface area contributed by atoms with E-state index >= 15 is 0 Å². The standard InChI is InChI=1S/C16H24N4O3S/c1-21-14-5-3-4-13(15(14)22-2)12-18-19-16(24)17-6-7-20-8-10-23-11-9-20/h3-5,12H,6-11H2,1-2H3,(H2,17,19,24)/b18-12+. The van der Waals surface area contributed by atoms with Gasteiger partial charge in [-0.3, -0.25) is 10.3 Å². The number of hydrazone groups is 1. The summed E-state index contributed by atoms with van der Waals surface area (Å²) in [7, 11) is 3.20. The van der Waals surface area contributed by atoms with Gasteiger partial charge in [0.15, 0.2) is 16.6 Å². The van der Waals surface area contributed by atoms with Crippen LogP contribution in [0.2, 0.25) is 0 Å². The molecule has 2 rings (SSSR count). The van der Waals surface area contributed by atoms with Gasteiger partial charge >= 0.3 is 0 Å². The average molecular weight is 352 g/mol. The van der Waals surface area contributed by atoms with Crippen molar-refractivity contribution >= 4 is 23.5 Å². The first kappa shape index (κ1) is 18.4. The van der Waals surface area contributed by atoms with Gasteiger partial charge in [0.05, 0.1) is 33.6 Å². The van der Waals surface area contributed by atoms with Crippen LogP contribution in [0.3, 0.4) is 0 Å². The molecule has 1 aliphatic rings. The van der Waals surface area contributed by atoms with Gasteiger partial charge in [0.2, 0.25) is 0 Å². The minimum Gasteiger partial charge on any atom is -0.493 e. The first-order valence-corrected chi connectivity index (χ1v) is 8.23. The SMILES string of the molecule is COc1cccc(/C=N/NC(=S)NCCN2CCOCC2)c1OC. The molecule has 1 saturated heterocycles. The van der Waals surface area contributed by atoms with Gasteiger partial charge in [-0.15, -0.1) is 0 Å². The molecule has 1 fully saturated rings. The van der Waals surface area contributed by atoms with Crippen molar-refractivity contribution in [3.05, 3.63) is 23.8 Å². The van der Waals surface area contributed by atoms with E-state index in [0.717, 1.165) is 45.0 Å². The third-order valence-corrected chi connectivity index (χ3v) is 3.86. The third-order valence-electron chi connectivity index (χ3n) is 3.62. The molecule has 1 aromatic rings. The Morgan fingerprint density at radius 1 is 1.33 bits per heavy atom. The molecule has 1 aromatic carbocycles. The summed E-state index contributed by atoms with van der Waals surface area (Å²) in [5.41, 5.74) is 3.61. The summed E-state index contributed by atoms with van der Waals surface area (Å²) < 4.78 is 15.9. The Kier molecular flexibility index (Phi) is 7.73. The van der Waals surface area contributed by atoms with Crippen molar-refractivity contribution in [3.63, 3.8) is 0 Å². The fourth-order valence-electron chi connectivity index (χ4n) is 2.37. The zero-order chi connectivity index (χ0) is 17.2. The fourth-order valence-corrected chi connectivity index (χ4v) is 2.52. The predicted octanol–water partition coefficient (Wildman–Crippen LogP) is 0.834. The molecule has 1 heterocycles. The molecule has 7 nitrogen and oxygen atoms in total. The van der Waals surface area contributed by atoms with Crippen LogP contribution in [0.5, 0.6) is 11.5 Å². The van der Waals surface area contributed by atoms with Crippen LogP contribution in [0.15, 0.2) is 23.3 Å². The second-order valence-corrected chi connectivity index (χ2v) is 5.57. The molecule has 0 aromatic heterocycles. The van der Waals surface area contributed by atoms with Gasteiger partial charge in [0.1, 0.15) is 0 Å². The minimum absolute atomic E-state index is 0.487. The van der Waals surface area contributed by atoms with Gasteiger partial charge in [-0.1, -0.05) is 6.07 Å². The van der Waals surface area contributed by atoms with E-state index in [9.17, 15) is 0 Å². The van der Waals surface area contributed by atoms with Crippen LogP contribution in [0.1, 0.15) is 5.56 Å². The zero-order valence-electron chi connectivity index (χ0n) is 14.1. The number of benzene rings is 1. The molecule has 0 saturated carbocycles. The summed E-state index contributed by atoms with van der Waals surface area (Å²) in [6, 6.07) is 5.60. The lowest BCUT2D eigenvalue weighted by molar-refractivity contribution is 0.0389. The van der Waals surface area contributed by atoms with E-state index in [4.69, 9.17) is 26.4 Å². The molecule has 24 heavy (non-hydrogen) atoms. The van der Waals surface area contributed by atoms with E-state index in [1.807, 2.05) is 18.2 Å². The van der Waals surface area contributed by atoms with Crippen LogP contribution < -0.4 is 20.2 Å². The van der Waals surface area contributed by atoms with Gasteiger partial charge in [-0.05, 0) is 24.4 Å². The van der Waals surface area contributed by atoms with Gasteiger partial charge < -0.3 is 19.5 Å². The van der Waals surface area contributed by atoms with Gasteiger partial charge in [0, 0.05) is 31.7 Å². The number of nitrogens with zero attached hydrogens (tertiary/aromatic N) is 2. The molecule has 0 bridgehead atoms. The lowest BCUT2D eigenvalue weighted by Gasteiger charge is -2.26. The molecule has 0 amide bonds. The number of para-hydroxylation sites is 1. The quantitative estimate of drug-likeness (QED) is 0.428. The van der Waals surface area contributed by atoms with Crippen molar-refractivity contribution in [3.8, 4) is 11.5 Å². The molecule has 0 spiro atoms. The number of methoxy groups -OCH3 is 2. The highest BCUT2D eigenvalue weighted by atomic mass is 32.1. The Labute approximate surface area is 147 Å². The van der Waals surface area contributed by atoms with Crippen molar-refractivity contribution in [1.82, 2.24) is 15.6 Å². The monoisotopic (exact) mass is 352 g/mol. The number of nitrogens with one attached hydrogen (secondary N) is 2. The van der Waals surface area contributed by atoms with Crippen molar-refractivity contribution in [2.45, 2.75) is 0 Å². The van der Waals surface area contributed by atoms with Crippen molar-refractivity contribution in [1.29, 1.82) is 0 Å². The van der Waals surface area contributed by atoms with Crippen LogP contribution in [0.25, 0.3) is 0 Å². The number of hydrogen-bond donors (Lipinski definition) is 2. The lowest BCUT2D eigenvalue weighted by atomic mass is 10.2. The first-order valence-electron chi connectivity index (χ1n) is 7.82. The maximum atomic E-state index is 5.35. The largest absolute Gasteiger partial charge is 0.493 e. The summed E-state index contributed by atoms with van der Waals surface area (Å²) in [4.78, 5) is 2.34. The van der Waals surface area contributed by atoms with Crippen LogP contribution in [-0.2, 0) is 4.74 Å². The molecule has 0 aliphatic carbocycles. The number of thiocarbonyl (C=S) groups is 1. The Hall–Kier alpha value is -1.90. The van der Waals surface area contributed by atoms with E-state index < -0.39 is 0 Å². The Balaban J connectivity index is 1.75. The van der Waals surface area contributed by atoms with Crippen molar-refractivity contribution < 1.29 is 14.2 Å². The van der Waals surface area contributed by atoms with Crippen LogP contribution >= 0.6 is 12.2 Å². The molecular weight excluding hydrogens is 328 g/mol. The van der Waals surface area contributed by atoms with Crippen molar-refractivity contribution in [2.75, 3.05) is 53.6 Å². The summed E-state index contributed by atoms with van der Waals surface area (Å²) in [6.07, 6.45) is 1.65. The second kappa shape index (κ2) is 10.1. The molecule has 1 aliphatic heterocycles. The van der Waals surface area contributed by atoms with Gasteiger partial charge in [0.25, 0.3) is 0 Å². The topological polar surface area (TPSA) is 67.4 Å². The minimum atomic E-state index is 0.487. The van der Waals surface area contributed by atoms with Crippen molar-refractivity contribution in [2.24, 2.45) is 5.10 Å². The molecule has 0 radical (unpaired) electrons. The van der Waals surface area contributed by atoms with E-state index in [1.54, 1.807) is 20.4 Å². The number of morpholine rings is 1. The fraction of sp³-hybridized carbons (Fsp3) is 0.500. The average Bonchev–Trinajstić information content (AvgIpc) is 2.62. The van der Waals surface area contributed by atoms with Gasteiger partial charge in [-0.25, -0.2) is 0 Å². The highest BCUT2D eigenvalue weighted by Crippen LogP contribution is 2.29. The number of ether oxygens (including phenoxy) is 3. The highest BCUT2D eigenvalue weighted by molar-refractivity contribution is 7.80. The Bertz CT molecular complexity index is 562. The third kappa shape index (κ3) is 5.63. The maximum Gasteiger partial charge on any atom is 0.187 e. The van der Waals surface area contributed by atoms with Crippen LogP contribution in [-0.4, -0.2) is 69.8 Å². The highest BCUT2D eigenvalue weighted by Gasteiger charge is 2.09. The van der Waals surface area contributed by atoms with E-state index in [1.165, 1.54) is 0 Å². The molecule has 8 heteroatoms. The van der Waals surface area contributed by atoms with E-state index in [0.29, 0.717) is 16.6 Å². The smallest absolute Gasteiger partial charge is 0.187 e. The van der Waals surface area contributed by atoms with Gasteiger partial charge in [-0.2, -0.15) is 5.10 Å². The lowest BCUT2D eigenvalue weighted by Crippen LogP contribution is -2.42. The number of hydrogen-bond acceptors (Lipinski definition) is 6. The molecular formula is C16H24N4O3S. The second-order valence-electron chi connectivity index (χ2n) is 5.16. The van der Waals surface area contributed by atoms with E-state index in [2.05, 4.69) is 20.7 Å². The Morgan fingerprint density at radius 3 is 2.83 bits per heavy atom. The molecule has 0 unspecified atom stereocenters. The van der Waals surface area contributed by atoms with Crippen LogP contribution in [0, 0.1) is 0 Å². The summed E-state index contributed by atoms with van der Waals surface area (Å²) in [6.45, 7) is 5.23. The zero-order valence-corrected chi connectivity index (χ0v) is 14.9. The molecule has 2 N–H and O–H groups in total. The number of rotatable bonds is 7. The van der Waals surface area contributed by atoms with Crippen LogP contribution in [0.4, 0.5) is 0 Å².